The standard InChI is InChI=1S/C65H125NO5/c1-3-5-7-9-11-13-14-15-16-17-26-30-33-36-39-43-47-51-55-59-65(70)71-60-56-52-48-44-40-37-34-31-28-25-23-21-19-18-20-22-24-27-29-32-35-38-42-46-50-54-58-64(69)66-62(61-67)63(68)57-53-49-45-41-12-10-8-6-4-2/h11,13,15-16,62-63,67-68H,3-10,12,14,17-61H2,1-2H3,(H,66,69)/b13-11-,16-15-. The summed E-state index contributed by atoms with van der Waals surface area (Å²) in [7, 11) is 0. The number of rotatable bonds is 60. The van der Waals surface area contributed by atoms with Crippen molar-refractivity contribution in [3.8, 4) is 0 Å². The average Bonchev–Trinajstić information content (AvgIpc) is 3.37. The number of carbonyl (C=O) groups is 2. The molecule has 2 atom stereocenters. The van der Waals surface area contributed by atoms with Crippen LogP contribution < -0.4 is 5.32 Å². The highest BCUT2D eigenvalue weighted by atomic mass is 16.5. The fourth-order valence-corrected chi connectivity index (χ4v) is 10.1. The van der Waals surface area contributed by atoms with E-state index in [1.165, 1.54) is 270 Å². The van der Waals surface area contributed by atoms with Gasteiger partial charge in [0.05, 0.1) is 25.4 Å². The van der Waals surface area contributed by atoms with Crippen LogP contribution in [0.4, 0.5) is 0 Å². The van der Waals surface area contributed by atoms with Crippen LogP contribution in [0.3, 0.4) is 0 Å². The van der Waals surface area contributed by atoms with E-state index in [1.54, 1.807) is 0 Å². The summed E-state index contributed by atoms with van der Waals surface area (Å²) in [4.78, 5) is 24.5. The molecule has 3 N–H and O–H groups in total. The van der Waals surface area contributed by atoms with E-state index < -0.39 is 12.1 Å². The lowest BCUT2D eigenvalue weighted by atomic mass is 10.0. The number of ether oxygens (including phenoxy) is 1. The van der Waals surface area contributed by atoms with Gasteiger partial charge in [-0.1, -0.05) is 308 Å². The quantitative estimate of drug-likeness (QED) is 0.0320. The lowest BCUT2D eigenvalue weighted by molar-refractivity contribution is -0.143. The number of amides is 1. The number of esters is 1. The molecule has 71 heavy (non-hydrogen) atoms. The molecule has 0 aliphatic rings. The highest BCUT2D eigenvalue weighted by Gasteiger charge is 2.20. The van der Waals surface area contributed by atoms with Gasteiger partial charge in [-0.25, -0.2) is 0 Å². The fourth-order valence-electron chi connectivity index (χ4n) is 10.1. The zero-order chi connectivity index (χ0) is 51.4. The van der Waals surface area contributed by atoms with Gasteiger partial charge in [0.2, 0.25) is 5.91 Å². The highest BCUT2D eigenvalue weighted by molar-refractivity contribution is 5.76. The number of hydrogen-bond acceptors (Lipinski definition) is 5. The largest absolute Gasteiger partial charge is 0.466 e. The molecule has 1 amide bonds. The first-order chi connectivity index (χ1) is 35.0. The van der Waals surface area contributed by atoms with Gasteiger partial charge < -0.3 is 20.3 Å². The summed E-state index contributed by atoms with van der Waals surface area (Å²) >= 11 is 0. The minimum Gasteiger partial charge on any atom is -0.466 e. The van der Waals surface area contributed by atoms with Crippen LogP contribution >= 0.6 is 0 Å². The third-order valence-corrected chi connectivity index (χ3v) is 15.0. The van der Waals surface area contributed by atoms with Crippen LogP contribution in [0.2, 0.25) is 0 Å². The van der Waals surface area contributed by atoms with Gasteiger partial charge in [-0.15, -0.1) is 0 Å². The summed E-state index contributed by atoms with van der Waals surface area (Å²) in [5, 5.41) is 23.1. The molecule has 0 bridgehead atoms. The number of allylic oxidation sites excluding steroid dienone is 4. The minimum absolute atomic E-state index is 0.0138. The molecule has 6 heteroatoms. The van der Waals surface area contributed by atoms with E-state index in [9.17, 15) is 19.8 Å². The first-order valence-corrected chi connectivity index (χ1v) is 32.1. The van der Waals surface area contributed by atoms with Crippen LogP contribution in [-0.2, 0) is 14.3 Å². The van der Waals surface area contributed by atoms with Gasteiger partial charge in [-0.3, -0.25) is 9.59 Å². The molecule has 0 aromatic carbocycles. The van der Waals surface area contributed by atoms with E-state index in [-0.39, 0.29) is 18.5 Å². The third kappa shape index (κ3) is 57.5. The number of carbonyl (C=O) groups excluding carboxylic acids is 2. The molecular weight excluding hydrogens is 875 g/mol. The molecule has 2 unspecified atom stereocenters. The molecule has 0 saturated carbocycles. The van der Waals surface area contributed by atoms with Gasteiger partial charge in [0.1, 0.15) is 0 Å². The Kier molecular flexibility index (Phi) is 59.5. The second-order valence-electron chi connectivity index (χ2n) is 22.1. The molecule has 0 radical (unpaired) electrons. The minimum atomic E-state index is -0.660. The van der Waals surface area contributed by atoms with Crippen molar-refractivity contribution in [2.75, 3.05) is 13.2 Å². The summed E-state index contributed by atoms with van der Waals surface area (Å²) < 4.78 is 5.50. The molecule has 0 heterocycles. The Morgan fingerprint density at radius 1 is 0.394 bits per heavy atom. The van der Waals surface area contributed by atoms with Crippen molar-refractivity contribution in [3.63, 3.8) is 0 Å². The first kappa shape index (κ1) is 69.3. The van der Waals surface area contributed by atoms with Crippen molar-refractivity contribution >= 4 is 11.9 Å². The number of aliphatic hydroxyl groups excluding tert-OH is 2. The molecule has 420 valence electrons. The topological polar surface area (TPSA) is 95.9 Å². The Morgan fingerprint density at radius 3 is 1.10 bits per heavy atom. The maximum Gasteiger partial charge on any atom is 0.305 e. The Hall–Kier alpha value is -1.66. The lowest BCUT2D eigenvalue weighted by Gasteiger charge is -2.22. The summed E-state index contributed by atoms with van der Waals surface area (Å²) in [6.45, 7) is 4.93. The van der Waals surface area contributed by atoms with Crippen LogP contribution in [-0.4, -0.2) is 47.4 Å². The zero-order valence-electron chi connectivity index (χ0n) is 48.0. The Balaban J connectivity index is 3.31. The molecule has 0 aliphatic heterocycles. The van der Waals surface area contributed by atoms with Gasteiger partial charge in [0.15, 0.2) is 0 Å². The Morgan fingerprint density at radius 2 is 0.704 bits per heavy atom. The molecule has 0 aliphatic carbocycles. The molecule has 0 saturated heterocycles. The highest BCUT2D eigenvalue weighted by Crippen LogP contribution is 2.18. The Bertz CT molecular complexity index is 1110. The molecular formula is C65H125NO5. The monoisotopic (exact) mass is 1000 g/mol. The second-order valence-corrected chi connectivity index (χ2v) is 22.1. The summed E-state index contributed by atoms with van der Waals surface area (Å²) in [6.07, 6.45) is 75.0. The van der Waals surface area contributed by atoms with E-state index in [1.807, 2.05) is 0 Å². The normalized spacial score (nSPS) is 12.7. The van der Waals surface area contributed by atoms with E-state index in [0.717, 1.165) is 51.4 Å². The van der Waals surface area contributed by atoms with Gasteiger partial charge in [-0.2, -0.15) is 0 Å². The van der Waals surface area contributed by atoms with Crippen molar-refractivity contribution in [1.82, 2.24) is 5.32 Å². The maximum absolute atomic E-state index is 12.4. The molecule has 0 rings (SSSR count). The molecule has 6 nitrogen and oxygen atoms in total. The van der Waals surface area contributed by atoms with Crippen molar-refractivity contribution < 1.29 is 24.5 Å². The van der Waals surface area contributed by atoms with Crippen molar-refractivity contribution in [2.45, 2.75) is 366 Å². The van der Waals surface area contributed by atoms with E-state index in [4.69, 9.17) is 4.74 Å². The molecule has 0 aromatic rings. The van der Waals surface area contributed by atoms with E-state index in [0.29, 0.717) is 25.9 Å². The maximum atomic E-state index is 12.4. The number of unbranched alkanes of at least 4 members (excludes halogenated alkanes) is 45. The Labute approximate surface area is 443 Å². The van der Waals surface area contributed by atoms with Crippen LogP contribution in [0.1, 0.15) is 354 Å². The summed E-state index contributed by atoms with van der Waals surface area (Å²) in [5.41, 5.74) is 0. The number of hydrogen-bond donors (Lipinski definition) is 3. The van der Waals surface area contributed by atoms with Gasteiger partial charge in [-0.05, 0) is 57.8 Å². The summed E-state index contributed by atoms with van der Waals surface area (Å²) in [6, 6.07) is -0.537. The molecule has 0 fully saturated rings. The van der Waals surface area contributed by atoms with Crippen molar-refractivity contribution in [1.29, 1.82) is 0 Å². The van der Waals surface area contributed by atoms with Crippen LogP contribution in [0, 0.1) is 0 Å². The van der Waals surface area contributed by atoms with Gasteiger partial charge >= 0.3 is 5.97 Å². The first-order valence-electron chi connectivity index (χ1n) is 32.1. The molecule has 0 aromatic heterocycles. The van der Waals surface area contributed by atoms with Gasteiger partial charge in [0, 0.05) is 12.8 Å². The lowest BCUT2D eigenvalue weighted by Crippen LogP contribution is -2.45. The van der Waals surface area contributed by atoms with E-state index in [2.05, 4.69) is 43.5 Å². The van der Waals surface area contributed by atoms with Crippen LogP contribution in [0.5, 0.6) is 0 Å². The van der Waals surface area contributed by atoms with Gasteiger partial charge in [0.25, 0.3) is 0 Å². The van der Waals surface area contributed by atoms with Crippen molar-refractivity contribution in [2.24, 2.45) is 0 Å². The third-order valence-electron chi connectivity index (χ3n) is 15.0. The molecule has 0 spiro atoms. The smallest absolute Gasteiger partial charge is 0.305 e. The zero-order valence-corrected chi connectivity index (χ0v) is 48.0. The van der Waals surface area contributed by atoms with Crippen LogP contribution in [0.25, 0.3) is 0 Å². The average molecular weight is 1000 g/mol. The summed E-state index contributed by atoms with van der Waals surface area (Å²) in [5.74, 6) is -0.0202. The predicted octanol–water partition coefficient (Wildman–Crippen LogP) is 20.2. The number of aliphatic hydroxyl groups is 2. The van der Waals surface area contributed by atoms with E-state index >= 15 is 0 Å². The van der Waals surface area contributed by atoms with Crippen LogP contribution in [0.15, 0.2) is 24.3 Å². The SMILES string of the molecule is CCCCC/C=C\C/C=C\CCCCCCCCCCCC(=O)OCCCCCCCCCCCCCCCCCCCCCCCCCCCCC(=O)NC(CO)C(O)CCCCCCCCCCC. The van der Waals surface area contributed by atoms with Crippen molar-refractivity contribution in [3.05, 3.63) is 24.3 Å². The fraction of sp³-hybridized carbons (Fsp3) is 0.908. The second kappa shape index (κ2) is 60.9. The number of nitrogens with one attached hydrogen (secondary N) is 1. The predicted molar refractivity (Wildman–Crippen MR) is 310 cm³/mol.